The number of aryl methyl sites for hydroxylation is 1. The Labute approximate surface area is 225 Å². The number of nitrogens with zero attached hydrogens (tertiary/aromatic N) is 4. The lowest BCUT2D eigenvalue weighted by molar-refractivity contribution is -0.0904. The van der Waals surface area contributed by atoms with Gasteiger partial charge in [-0.15, -0.1) is 0 Å². The summed E-state index contributed by atoms with van der Waals surface area (Å²) in [7, 11) is 0. The van der Waals surface area contributed by atoms with E-state index in [-0.39, 0.29) is 11.5 Å². The molecule has 1 aliphatic heterocycles. The monoisotopic (exact) mass is 519 g/mol. The minimum atomic E-state index is -0.696. The van der Waals surface area contributed by atoms with E-state index < -0.39 is 11.7 Å². The van der Waals surface area contributed by atoms with E-state index in [1.54, 1.807) is 0 Å². The number of fused-ring (bicyclic) bond motifs is 1. The number of amides is 1. The fourth-order valence-corrected chi connectivity index (χ4v) is 6.08. The Morgan fingerprint density at radius 1 is 1.24 bits per heavy atom. The lowest BCUT2D eigenvalue weighted by Gasteiger charge is -2.47. The highest BCUT2D eigenvalue weighted by Crippen LogP contribution is 2.46. The topological polar surface area (TPSA) is 122 Å². The van der Waals surface area contributed by atoms with Crippen molar-refractivity contribution >= 4 is 28.8 Å². The molecule has 2 aliphatic rings. The summed E-state index contributed by atoms with van der Waals surface area (Å²) in [5, 5.41) is 4.95. The SMILES string of the molecule is CCCc1cc2c(N[C@H]3CC[C@@](OC(N)=O)(C(C)(C)C)CC3)c(-c3ccnc(N4CCCC4)n3)cnc2[nH]1. The number of carbonyl (C=O) groups is 1. The van der Waals surface area contributed by atoms with Crippen LogP contribution in [0.15, 0.2) is 24.5 Å². The van der Waals surface area contributed by atoms with Crippen molar-refractivity contribution in [2.24, 2.45) is 11.1 Å². The maximum absolute atomic E-state index is 11.8. The Kier molecular flexibility index (Phi) is 7.20. The van der Waals surface area contributed by atoms with Crippen LogP contribution in [0.5, 0.6) is 0 Å². The third-order valence-electron chi connectivity index (χ3n) is 8.35. The molecule has 0 atom stereocenters. The van der Waals surface area contributed by atoms with Crippen molar-refractivity contribution in [3.8, 4) is 11.3 Å². The first-order valence-electron chi connectivity index (χ1n) is 14.0. The van der Waals surface area contributed by atoms with Gasteiger partial charge in [0, 0.05) is 53.6 Å². The van der Waals surface area contributed by atoms with Crippen LogP contribution in [-0.4, -0.2) is 50.8 Å². The molecule has 0 radical (unpaired) electrons. The molecule has 5 rings (SSSR count). The van der Waals surface area contributed by atoms with E-state index in [0.717, 1.165) is 85.5 Å². The Morgan fingerprint density at radius 3 is 2.63 bits per heavy atom. The summed E-state index contributed by atoms with van der Waals surface area (Å²) in [6, 6.07) is 4.41. The van der Waals surface area contributed by atoms with E-state index in [0.29, 0.717) is 0 Å². The van der Waals surface area contributed by atoms with E-state index in [2.05, 4.69) is 53.9 Å². The van der Waals surface area contributed by atoms with Crippen LogP contribution in [0.25, 0.3) is 22.3 Å². The van der Waals surface area contributed by atoms with Crippen LogP contribution in [0.2, 0.25) is 0 Å². The molecule has 1 saturated carbocycles. The first-order chi connectivity index (χ1) is 18.2. The molecular weight excluding hydrogens is 478 g/mol. The summed E-state index contributed by atoms with van der Waals surface area (Å²) in [5.41, 5.74) is 9.68. The third-order valence-corrected chi connectivity index (χ3v) is 8.35. The first kappa shape index (κ1) is 26.3. The highest BCUT2D eigenvalue weighted by molar-refractivity contribution is 5.98. The molecule has 3 aromatic heterocycles. The molecular formula is C29H41N7O2. The van der Waals surface area contributed by atoms with Crippen molar-refractivity contribution in [3.63, 3.8) is 0 Å². The van der Waals surface area contributed by atoms with Crippen LogP contribution in [0.3, 0.4) is 0 Å². The number of aromatic nitrogens is 4. The standard InChI is InChI=1S/C29H41N7O2/c1-5-8-20-17-21-24(33-19-9-12-29(13-10-19,28(2,3)4)38-26(30)37)22(18-32-25(21)34-20)23-11-14-31-27(35-23)36-15-6-7-16-36/h11,14,17-19H,5-10,12-13,15-16H2,1-4H3,(H2,30,37)(H2,32,33,34)/t19-,29-. The van der Waals surface area contributed by atoms with Gasteiger partial charge in [0.25, 0.3) is 0 Å². The van der Waals surface area contributed by atoms with Crippen LogP contribution >= 0.6 is 0 Å². The number of nitrogens with two attached hydrogens (primary N) is 1. The predicted molar refractivity (Wildman–Crippen MR) is 151 cm³/mol. The number of nitrogens with one attached hydrogen (secondary N) is 2. The number of primary amides is 1. The number of pyridine rings is 1. The quantitative estimate of drug-likeness (QED) is 0.360. The average molecular weight is 520 g/mol. The smallest absolute Gasteiger partial charge is 0.405 e. The molecule has 0 bridgehead atoms. The lowest BCUT2D eigenvalue weighted by Crippen LogP contribution is -2.51. The van der Waals surface area contributed by atoms with Gasteiger partial charge in [0.05, 0.1) is 11.4 Å². The molecule has 3 aromatic rings. The normalized spacial score (nSPS) is 22.1. The van der Waals surface area contributed by atoms with E-state index in [4.69, 9.17) is 20.4 Å². The van der Waals surface area contributed by atoms with Crippen LogP contribution in [0.4, 0.5) is 16.4 Å². The summed E-state index contributed by atoms with van der Waals surface area (Å²) in [6.45, 7) is 10.5. The highest BCUT2D eigenvalue weighted by atomic mass is 16.6. The van der Waals surface area contributed by atoms with Gasteiger partial charge in [-0.05, 0) is 57.1 Å². The summed E-state index contributed by atoms with van der Waals surface area (Å²) >= 11 is 0. The molecule has 0 spiro atoms. The van der Waals surface area contributed by atoms with Gasteiger partial charge in [-0.1, -0.05) is 34.1 Å². The van der Waals surface area contributed by atoms with Gasteiger partial charge in [-0.25, -0.2) is 19.7 Å². The van der Waals surface area contributed by atoms with Crippen LogP contribution in [0, 0.1) is 5.41 Å². The zero-order chi connectivity index (χ0) is 26.9. The molecule has 38 heavy (non-hydrogen) atoms. The summed E-state index contributed by atoms with van der Waals surface area (Å²) in [6.07, 6.45) is 10.7. The van der Waals surface area contributed by atoms with Crippen molar-refractivity contribution in [1.82, 2.24) is 19.9 Å². The maximum Gasteiger partial charge on any atom is 0.405 e. The van der Waals surface area contributed by atoms with E-state index in [9.17, 15) is 4.79 Å². The summed E-state index contributed by atoms with van der Waals surface area (Å²) in [5.74, 6) is 0.781. The van der Waals surface area contributed by atoms with Gasteiger partial charge >= 0.3 is 6.09 Å². The van der Waals surface area contributed by atoms with Crippen molar-refractivity contribution in [1.29, 1.82) is 0 Å². The van der Waals surface area contributed by atoms with Crippen LogP contribution < -0.4 is 16.0 Å². The van der Waals surface area contributed by atoms with Gasteiger partial charge < -0.3 is 25.7 Å². The van der Waals surface area contributed by atoms with Gasteiger partial charge in [-0.2, -0.15) is 0 Å². The molecule has 4 heterocycles. The molecule has 0 unspecified atom stereocenters. The molecule has 1 amide bonds. The largest absolute Gasteiger partial charge is 0.443 e. The summed E-state index contributed by atoms with van der Waals surface area (Å²) in [4.78, 5) is 31.9. The fourth-order valence-electron chi connectivity index (χ4n) is 6.08. The minimum absolute atomic E-state index is 0.204. The van der Waals surface area contributed by atoms with Crippen molar-refractivity contribution in [3.05, 3.63) is 30.2 Å². The number of H-pyrrole nitrogens is 1. The Bertz CT molecular complexity index is 1280. The molecule has 2 fully saturated rings. The number of rotatable bonds is 7. The second kappa shape index (κ2) is 10.4. The highest BCUT2D eigenvalue weighted by Gasteiger charge is 2.47. The lowest BCUT2D eigenvalue weighted by atomic mass is 9.67. The number of ether oxygens (including phenoxy) is 1. The first-order valence-corrected chi connectivity index (χ1v) is 14.0. The van der Waals surface area contributed by atoms with E-state index >= 15 is 0 Å². The van der Waals surface area contributed by atoms with Crippen molar-refractivity contribution in [2.75, 3.05) is 23.3 Å². The number of aromatic amines is 1. The molecule has 1 saturated heterocycles. The zero-order valence-electron chi connectivity index (χ0n) is 23.1. The van der Waals surface area contributed by atoms with Gasteiger partial charge in [0.2, 0.25) is 5.95 Å². The van der Waals surface area contributed by atoms with E-state index in [1.165, 1.54) is 18.5 Å². The zero-order valence-corrected chi connectivity index (χ0v) is 23.1. The molecule has 204 valence electrons. The third kappa shape index (κ3) is 5.15. The molecule has 9 heteroatoms. The predicted octanol–water partition coefficient (Wildman–Crippen LogP) is 5.81. The number of carbonyl (C=O) groups excluding carboxylic acids is 1. The number of hydrogen-bond acceptors (Lipinski definition) is 7. The van der Waals surface area contributed by atoms with Crippen molar-refractivity contribution < 1.29 is 9.53 Å². The number of hydrogen-bond donors (Lipinski definition) is 3. The average Bonchev–Trinajstić information content (AvgIpc) is 3.55. The van der Waals surface area contributed by atoms with Crippen molar-refractivity contribution in [2.45, 2.75) is 90.7 Å². The minimum Gasteiger partial charge on any atom is -0.443 e. The Balaban J connectivity index is 1.48. The molecule has 9 nitrogen and oxygen atoms in total. The van der Waals surface area contributed by atoms with Crippen LogP contribution in [-0.2, 0) is 11.2 Å². The summed E-state index contributed by atoms with van der Waals surface area (Å²) < 4.78 is 5.77. The van der Waals surface area contributed by atoms with Gasteiger partial charge in [0.1, 0.15) is 11.2 Å². The second-order valence-corrected chi connectivity index (χ2v) is 11.9. The van der Waals surface area contributed by atoms with Gasteiger partial charge in [-0.3, -0.25) is 0 Å². The molecule has 0 aromatic carbocycles. The van der Waals surface area contributed by atoms with Crippen LogP contribution in [0.1, 0.15) is 78.3 Å². The second-order valence-electron chi connectivity index (χ2n) is 11.9. The maximum atomic E-state index is 11.8. The Hall–Kier alpha value is -3.36. The van der Waals surface area contributed by atoms with Gasteiger partial charge in [0.15, 0.2) is 0 Å². The Morgan fingerprint density at radius 2 is 1.97 bits per heavy atom. The number of anilines is 2. The fraction of sp³-hybridized carbons (Fsp3) is 0.586. The van der Waals surface area contributed by atoms with E-state index in [1.807, 2.05) is 18.5 Å². The molecule has 4 N–H and O–H groups in total. The molecule has 1 aliphatic carbocycles.